The van der Waals surface area contributed by atoms with E-state index in [9.17, 15) is 9.59 Å². The Morgan fingerprint density at radius 1 is 1.31 bits per heavy atom. The highest BCUT2D eigenvalue weighted by molar-refractivity contribution is 5.76. The van der Waals surface area contributed by atoms with Gasteiger partial charge in [0.25, 0.3) is 5.56 Å². The summed E-state index contributed by atoms with van der Waals surface area (Å²) in [4.78, 5) is 24.2. The first kappa shape index (κ1) is 7.79. The van der Waals surface area contributed by atoms with E-state index in [0.29, 0.717) is 10.9 Å². The highest BCUT2D eigenvalue weighted by atomic mass is 16.4. The zero-order valence-corrected chi connectivity index (χ0v) is 6.66. The molecule has 0 fully saturated rings. The molecule has 0 spiro atoms. The highest BCUT2D eigenvalue weighted by Crippen LogP contribution is 2.10. The van der Waals surface area contributed by atoms with Crippen LogP contribution in [0.15, 0.2) is 32.2 Å². The summed E-state index contributed by atoms with van der Waals surface area (Å²) in [6.45, 7) is 3.66. The van der Waals surface area contributed by atoms with E-state index in [0.717, 1.165) is 0 Å². The second-order valence-electron chi connectivity index (χ2n) is 2.66. The van der Waals surface area contributed by atoms with E-state index in [1.807, 2.05) is 0 Å². The van der Waals surface area contributed by atoms with Crippen LogP contribution in [0, 0.1) is 6.92 Å². The van der Waals surface area contributed by atoms with Crippen molar-refractivity contribution in [3.63, 3.8) is 0 Å². The molecule has 2 aromatic heterocycles. The Morgan fingerprint density at radius 3 is 2.85 bits per heavy atom. The molecule has 65 valence electrons. The molecule has 4 heteroatoms. The molecule has 1 N–H and O–H groups in total. The number of hydrogen-bond acceptors (Lipinski definition) is 3. The van der Waals surface area contributed by atoms with Gasteiger partial charge >= 0.3 is 5.63 Å². The van der Waals surface area contributed by atoms with Crippen LogP contribution in [0.25, 0.3) is 11.1 Å². The van der Waals surface area contributed by atoms with Crippen molar-refractivity contribution in [3.8, 4) is 0 Å². The third-order valence-corrected chi connectivity index (χ3v) is 1.72. The van der Waals surface area contributed by atoms with E-state index in [1.54, 1.807) is 6.07 Å². The van der Waals surface area contributed by atoms with Gasteiger partial charge in [0.15, 0.2) is 0 Å². The smallest absolute Gasteiger partial charge is 0.337 e. The van der Waals surface area contributed by atoms with Crippen LogP contribution in [-0.4, -0.2) is 4.98 Å². The Morgan fingerprint density at radius 2 is 2.08 bits per heavy atom. The van der Waals surface area contributed by atoms with Crippen molar-refractivity contribution >= 4 is 11.1 Å². The molecule has 0 saturated heterocycles. The van der Waals surface area contributed by atoms with E-state index in [1.165, 1.54) is 12.1 Å². The Bertz CT molecular complexity index is 560. The summed E-state index contributed by atoms with van der Waals surface area (Å²) in [6.07, 6.45) is 0. The summed E-state index contributed by atoms with van der Waals surface area (Å²) in [5.74, 6) is 0. The lowest BCUT2D eigenvalue weighted by Crippen LogP contribution is -2.06. The molecule has 2 aromatic rings. The maximum absolute atomic E-state index is 10.9. The predicted octanol–water partition coefficient (Wildman–Crippen LogP) is 0.663. The van der Waals surface area contributed by atoms with Gasteiger partial charge in [0, 0.05) is 17.5 Å². The average Bonchev–Trinajstić information content (AvgIpc) is 2.02. The standard InChI is InChI=1S/C9H6NO3/c1-5-4-8(12)13-9-6(5)2-3-7(11)10-9/h2-4H,1H2,(H,10,11). The SMILES string of the molecule is [CH2]c1cc(=O)oc2[nH]c(=O)ccc12. The molecule has 0 aliphatic rings. The van der Waals surface area contributed by atoms with Crippen LogP contribution in [0.2, 0.25) is 0 Å². The van der Waals surface area contributed by atoms with Gasteiger partial charge in [0.2, 0.25) is 5.71 Å². The zero-order chi connectivity index (χ0) is 9.42. The van der Waals surface area contributed by atoms with Crippen LogP contribution in [0.3, 0.4) is 0 Å². The van der Waals surface area contributed by atoms with E-state index < -0.39 is 5.63 Å². The fraction of sp³-hybridized carbons (Fsp3) is 0. The van der Waals surface area contributed by atoms with Gasteiger partial charge in [0.1, 0.15) is 0 Å². The summed E-state index contributed by atoms with van der Waals surface area (Å²) in [7, 11) is 0. The Hall–Kier alpha value is -1.84. The molecule has 0 aliphatic heterocycles. The second kappa shape index (κ2) is 2.58. The van der Waals surface area contributed by atoms with Crippen molar-refractivity contribution in [2.75, 3.05) is 0 Å². The average molecular weight is 176 g/mol. The van der Waals surface area contributed by atoms with Gasteiger partial charge < -0.3 is 4.42 Å². The fourth-order valence-electron chi connectivity index (χ4n) is 1.14. The third-order valence-electron chi connectivity index (χ3n) is 1.72. The number of H-pyrrole nitrogens is 1. The molecule has 1 radical (unpaired) electrons. The maximum atomic E-state index is 10.9. The summed E-state index contributed by atoms with van der Waals surface area (Å²) in [5, 5.41) is 0.638. The largest absolute Gasteiger partial charge is 0.406 e. The van der Waals surface area contributed by atoms with E-state index in [4.69, 9.17) is 4.42 Å². The van der Waals surface area contributed by atoms with Crippen molar-refractivity contribution < 1.29 is 4.42 Å². The van der Waals surface area contributed by atoms with Gasteiger partial charge in [-0.3, -0.25) is 9.78 Å². The van der Waals surface area contributed by atoms with Gasteiger partial charge in [-0.1, -0.05) is 0 Å². The summed E-state index contributed by atoms with van der Waals surface area (Å²) in [5.41, 5.74) is -0.104. The van der Waals surface area contributed by atoms with Crippen molar-refractivity contribution in [3.05, 3.63) is 51.5 Å². The monoisotopic (exact) mass is 176 g/mol. The van der Waals surface area contributed by atoms with Crippen molar-refractivity contribution in [1.29, 1.82) is 0 Å². The van der Waals surface area contributed by atoms with E-state index in [-0.39, 0.29) is 11.3 Å². The number of nitrogens with one attached hydrogen (secondary N) is 1. The molecule has 0 amide bonds. The van der Waals surface area contributed by atoms with Crippen LogP contribution < -0.4 is 11.2 Å². The van der Waals surface area contributed by atoms with Crippen LogP contribution in [0.1, 0.15) is 5.56 Å². The minimum atomic E-state index is -0.514. The van der Waals surface area contributed by atoms with Gasteiger partial charge in [-0.15, -0.1) is 0 Å². The zero-order valence-electron chi connectivity index (χ0n) is 6.66. The minimum Gasteiger partial charge on any atom is -0.406 e. The second-order valence-corrected chi connectivity index (χ2v) is 2.66. The van der Waals surface area contributed by atoms with Gasteiger partial charge in [0.05, 0.1) is 0 Å². The van der Waals surface area contributed by atoms with Crippen LogP contribution in [-0.2, 0) is 0 Å². The molecule has 2 heterocycles. The predicted molar refractivity (Wildman–Crippen MR) is 47.6 cm³/mol. The van der Waals surface area contributed by atoms with Crippen molar-refractivity contribution in [2.24, 2.45) is 0 Å². The summed E-state index contributed by atoms with van der Waals surface area (Å²) in [6, 6.07) is 4.21. The third kappa shape index (κ3) is 1.26. The number of aromatic amines is 1. The van der Waals surface area contributed by atoms with Gasteiger partial charge in [-0.2, -0.15) is 0 Å². The summed E-state index contributed by atoms with van der Waals surface area (Å²) >= 11 is 0. The van der Waals surface area contributed by atoms with Gasteiger partial charge in [-0.05, 0) is 18.6 Å². The highest BCUT2D eigenvalue weighted by Gasteiger charge is 2.01. The first-order valence-electron chi connectivity index (χ1n) is 3.66. The lowest BCUT2D eigenvalue weighted by Gasteiger charge is -1.97. The molecule has 0 bridgehead atoms. The van der Waals surface area contributed by atoms with Crippen LogP contribution in [0.5, 0.6) is 0 Å². The maximum Gasteiger partial charge on any atom is 0.337 e. The Labute approximate surface area is 72.8 Å². The fourth-order valence-corrected chi connectivity index (χ4v) is 1.14. The lowest BCUT2D eigenvalue weighted by atomic mass is 10.2. The number of hydrogen-bond donors (Lipinski definition) is 1. The molecule has 0 unspecified atom stereocenters. The molecule has 0 atom stereocenters. The molecule has 2 rings (SSSR count). The lowest BCUT2D eigenvalue weighted by molar-refractivity contribution is 0.548. The Balaban J connectivity index is 3.03. The van der Waals surface area contributed by atoms with Crippen molar-refractivity contribution in [1.82, 2.24) is 4.98 Å². The number of fused-ring (bicyclic) bond motifs is 1. The van der Waals surface area contributed by atoms with Crippen molar-refractivity contribution in [2.45, 2.75) is 0 Å². The molecule has 0 saturated carbocycles. The molecular weight excluding hydrogens is 170 g/mol. The normalized spacial score (nSPS) is 10.5. The number of pyridine rings is 1. The first-order valence-corrected chi connectivity index (χ1v) is 3.66. The van der Waals surface area contributed by atoms with E-state index in [2.05, 4.69) is 11.9 Å². The molecule has 4 nitrogen and oxygen atoms in total. The van der Waals surface area contributed by atoms with E-state index >= 15 is 0 Å². The topological polar surface area (TPSA) is 63.1 Å². The number of aromatic nitrogens is 1. The van der Waals surface area contributed by atoms with Crippen LogP contribution >= 0.6 is 0 Å². The van der Waals surface area contributed by atoms with Gasteiger partial charge in [-0.25, -0.2) is 4.79 Å². The number of rotatable bonds is 0. The van der Waals surface area contributed by atoms with Crippen LogP contribution in [0.4, 0.5) is 0 Å². The molecule has 0 aliphatic carbocycles. The molecule has 0 aromatic carbocycles. The molecular formula is C9H6NO3. The molecule has 13 heavy (non-hydrogen) atoms. The first-order chi connectivity index (χ1) is 6.16. The summed E-state index contributed by atoms with van der Waals surface area (Å²) < 4.78 is 4.77. The quantitative estimate of drug-likeness (QED) is 0.641. The Kier molecular flexibility index (Phi) is 1.55. The minimum absolute atomic E-state index is 0.171.